The topological polar surface area (TPSA) is 27.3 Å². The largest absolute Gasteiger partial charge is 0.416 e. The van der Waals surface area contributed by atoms with Crippen LogP contribution in [0.2, 0.25) is 5.02 Å². The number of nitrogens with zero attached hydrogens (tertiary/aromatic N) is 1. The van der Waals surface area contributed by atoms with Crippen molar-refractivity contribution >= 4 is 34.7 Å². The van der Waals surface area contributed by atoms with E-state index < -0.39 is 11.7 Å². The Hall–Kier alpha value is -1.57. The Morgan fingerprint density at radius 3 is 2.93 bits per heavy atom. The average Bonchev–Trinajstić information content (AvgIpc) is 2.88. The summed E-state index contributed by atoms with van der Waals surface area (Å²) >= 11 is 8.12. The second-order valence-corrected chi connectivity index (χ2v) is 9.66. The second-order valence-electron chi connectivity index (χ2n) is 8.14. The minimum absolute atomic E-state index is 0.254. The highest BCUT2D eigenvalue weighted by molar-refractivity contribution is 7.98. The van der Waals surface area contributed by atoms with Gasteiger partial charge in [-0.2, -0.15) is 24.9 Å². The molecule has 0 radical (unpaired) electrons. The van der Waals surface area contributed by atoms with Gasteiger partial charge < -0.3 is 15.5 Å². The van der Waals surface area contributed by atoms with Crippen LogP contribution < -0.4 is 15.5 Å². The van der Waals surface area contributed by atoms with Gasteiger partial charge in [0.15, 0.2) is 0 Å². The van der Waals surface area contributed by atoms with Crippen molar-refractivity contribution in [3.63, 3.8) is 0 Å². The van der Waals surface area contributed by atoms with E-state index in [1.165, 1.54) is 22.9 Å². The van der Waals surface area contributed by atoms with Crippen molar-refractivity contribution in [3.8, 4) is 0 Å². The fraction of sp³-hybridized carbons (Fsp3) is 0.455. The third kappa shape index (κ3) is 3.65. The zero-order valence-corrected chi connectivity index (χ0v) is 17.9. The molecule has 8 heteroatoms. The Labute approximate surface area is 183 Å². The monoisotopic (exact) mass is 453 g/mol. The highest BCUT2D eigenvalue weighted by atomic mass is 35.5. The summed E-state index contributed by atoms with van der Waals surface area (Å²) in [4.78, 5) is 2.60. The quantitative estimate of drug-likeness (QED) is 0.643. The van der Waals surface area contributed by atoms with Gasteiger partial charge in [0.25, 0.3) is 0 Å². The van der Waals surface area contributed by atoms with Gasteiger partial charge >= 0.3 is 6.18 Å². The molecule has 0 unspecified atom stereocenters. The third-order valence-corrected chi connectivity index (χ3v) is 7.70. The van der Waals surface area contributed by atoms with Crippen molar-refractivity contribution in [3.05, 3.63) is 57.6 Å². The first-order valence-electron chi connectivity index (χ1n) is 10.2. The first-order chi connectivity index (χ1) is 14.4. The van der Waals surface area contributed by atoms with Crippen LogP contribution in [0.15, 0.2) is 30.3 Å². The maximum atomic E-state index is 13.1. The Bertz CT molecular complexity index is 965. The van der Waals surface area contributed by atoms with Gasteiger partial charge in [-0.1, -0.05) is 11.6 Å². The Morgan fingerprint density at radius 1 is 1.23 bits per heavy atom. The predicted molar refractivity (Wildman–Crippen MR) is 118 cm³/mol. The maximum Gasteiger partial charge on any atom is 0.416 e. The van der Waals surface area contributed by atoms with Crippen LogP contribution in [0.4, 0.5) is 24.5 Å². The number of alkyl halides is 3. The number of hydrogen-bond acceptors (Lipinski definition) is 4. The average molecular weight is 454 g/mol. The normalized spacial score (nSPS) is 23.0. The van der Waals surface area contributed by atoms with Gasteiger partial charge in [0.1, 0.15) is 0 Å². The summed E-state index contributed by atoms with van der Waals surface area (Å²) in [7, 11) is 0. The molecule has 0 amide bonds. The molecule has 3 aliphatic rings. The predicted octanol–water partition coefficient (Wildman–Crippen LogP) is 5.48. The van der Waals surface area contributed by atoms with E-state index in [0.29, 0.717) is 22.5 Å². The molecule has 2 aromatic carbocycles. The van der Waals surface area contributed by atoms with Crippen LogP contribution >= 0.6 is 23.4 Å². The fourth-order valence-electron chi connectivity index (χ4n) is 4.97. The van der Waals surface area contributed by atoms with E-state index in [2.05, 4.69) is 27.7 Å². The molecule has 0 spiro atoms. The van der Waals surface area contributed by atoms with Crippen molar-refractivity contribution in [2.75, 3.05) is 35.6 Å². The molecule has 2 aromatic rings. The van der Waals surface area contributed by atoms with E-state index in [1.54, 1.807) is 0 Å². The van der Waals surface area contributed by atoms with Crippen LogP contribution in [0.3, 0.4) is 0 Å². The molecule has 3 heterocycles. The van der Waals surface area contributed by atoms with Gasteiger partial charge in [-0.25, -0.2) is 0 Å². The van der Waals surface area contributed by atoms with Crippen molar-refractivity contribution < 1.29 is 13.2 Å². The van der Waals surface area contributed by atoms with Crippen LogP contribution in [0, 0.1) is 0 Å². The lowest BCUT2D eigenvalue weighted by molar-refractivity contribution is -0.137. The van der Waals surface area contributed by atoms with Crippen molar-refractivity contribution in [1.29, 1.82) is 0 Å². The SMILES string of the molecule is FC(F)(F)c1ccc(Cl)c(CNc2cc3c4c(c2)[C@@H]2CNCC[C@@H]2N4CCSC3)c1. The molecular formula is C22H23ClF3N3S. The molecule has 1 fully saturated rings. The summed E-state index contributed by atoms with van der Waals surface area (Å²) in [5, 5.41) is 7.21. The number of piperidine rings is 1. The minimum atomic E-state index is -4.38. The van der Waals surface area contributed by atoms with Gasteiger partial charge in [-0.05, 0) is 60.0 Å². The van der Waals surface area contributed by atoms with Crippen molar-refractivity contribution in [2.24, 2.45) is 0 Å². The molecule has 160 valence electrons. The molecule has 0 aromatic heterocycles. The van der Waals surface area contributed by atoms with Crippen LogP contribution in [0.5, 0.6) is 0 Å². The summed E-state index contributed by atoms with van der Waals surface area (Å²) in [6.07, 6.45) is -3.23. The lowest BCUT2D eigenvalue weighted by atomic mass is 9.89. The zero-order chi connectivity index (χ0) is 20.9. The standard InChI is InChI=1S/C22H23ClF3N3S/c23-19-2-1-15(22(24,25)26)7-13(19)10-28-16-8-14-12-30-6-5-29-20-3-4-27-11-18(20)17(9-16)21(14)29/h1-2,7-9,18,20,27-28H,3-6,10-12H2/t18-,20-/m0/s1. The van der Waals surface area contributed by atoms with Crippen molar-refractivity contribution in [1.82, 2.24) is 5.32 Å². The zero-order valence-electron chi connectivity index (χ0n) is 16.4. The molecule has 3 nitrogen and oxygen atoms in total. The lowest BCUT2D eigenvalue weighted by Gasteiger charge is -2.33. The molecule has 30 heavy (non-hydrogen) atoms. The molecule has 2 N–H and O–H groups in total. The van der Waals surface area contributed by atoms with Crippen LogP contribution in [0.1, 0.15) is 34.6 Å². The molecule has 2 atom stereocenters. The molecule has 3 aliphatic heterocycles. The van der Waals surface area contributed by atoms with E-state index in [4.69, 9.17) is 11.6 Å². The summed E-state index contributed by atoms with van der Waals surface area (Å²) in [5.41, 5.74) is 4.80. The van der Waals surface area contributed by atoms with Gasteiger partial charge in [0, 0.05) is 59.5 Å². The number of nitrogens with one attached hydrogen (secondary N) is 2. The van der Waals surface area contributed by atoms with E-state index in [1.807, 2.05) is 11.8 Å². The Balaban J connectivity index is 1.44. The van der Waals surface area contributed by atoms with E-state index in [9.17, 15) is 13.2 Å². The summed E-state index contributed by atoms with van der Waals surface area (Å²) in [6, 6.07) is 8.39. The summed E-state index contributed by atoms with van der Waals surface area (Å²) < 4.78 is 39.2. The molecule has 1 saturated heterocycles. The van der Waals surface area contributed by atoms with E-state index in [-0.39, 0.29) is 6.54 Å². The van der Waals surface area contributed by atoms with Crippen LogP contribution in [-0.2, 0) is 18.5 Å². The highest BCUT2D eigenvalue weighted by Gasteiger charge is 2.41. The van der Waals surface area contributed by atoms with E-state index >= 15 is 0 Å². The number of hydrogen-bond donors (Lipinski definition) is 2. The van der Waals surface area contributed by atoms with Crippen LogP contribution in [0.25, 0.3) is 0 Å². The van der Waals surface area contributed by atoms with Crippen LogP contribution in [-0.4, -0.2) is 31.4 Å². The number of fused-ring (bicyclic) bond motifs is 3. The first kappa shape index (κ1) is 20.3. The van der Waals surface area contributed by atoms with E-state index in [0.717, 1.165) is 55.4 Å². The second kappa shape index (κ2) is 7.84. The first-order valence-corrected chi connectivity index (χ1v) is 11.8. The minimum Gasteiger partial charge on any atom is -0.381 e. The Morgan fingerprint density at radius 2 is 2.10 bits per heavy atom. The summed E-state index contributed by atoms with van der Waals surface area (Å²) in [5.74, 6) is 2.55. The summed E-state index contributed by atoms with van der Waals surface area (Å²) in [6.45, 7) is 3.36. The highest BCUT2D eigenvalue weighted by Crippen LogP contribution is 2.48. The van der Waals surface area contributed by atoms with Crippen molar-refractivity contribution in [2.45, 2.75) is 36.9 Å². The van der Waals surface area contributed by atoms with Gasteiger partial charge in [0.2, 0.25) is 0 Å². The third-order valence-electron chi connectivity index (χ3n) is 6.34. The number of anilines is 2. The molecule has 0 aliphatic carbocycles. The van der Waals surface area contributed by atoms with Gasteiger partial charge in [-0.15, -0.1) is 0 Å². The molecule has 5 rings (SSSR count). The molecule has 0 saturated carbocycles. The fourth-order valence-corrected chi connectivity index (χ4v) is 6.07. The number of halogens is 4. The number of thioether (sulfide) groups is 1. The molecular weight excluding hydrogens is 431 g/mol. The van der Waals surface area contributed by atoms with Gasteiger partial charge in [-0.3, -0.25) is 0 Å². The maximum absolute atomic E-state index is 13.1. The smallest absolute Gasteiger partial charge is 0.381 e. The van der Waals surface area contributed by atoms with Gasteiger partial charge in [0.05, 0.1) is 5.56 Å². The number of rotatable bonds is 3. The Kier molecular flexibility index (Phi) is 5.32. The number of benzene rings is 2. The lowest BCUT2D eigenvalue weighted by Crippen LogP contribution is -2.44. The molecule has 0 bridgehead atoms.